The molecule has 1 saturated carbocycles. The highest BCUT2D eigenvalue weighted by molar-refractivity contribution is 5.39. The Labute approximate surface area is 89.9 Å². The quantitative estimate of drug-likeness (QED) is 0.791. The van der Waals surface area contributed by atoms with Gasteiger partial charge in [-0.3, -0.25) is 0 Å². The maximum absolute atomic E-state index is 13.8. The molecule has 1 nitrogen and oxygen atoms in total. The van der Waals surface area contributed by atoms with Crippen LogP contribution in [0.2, 0.25) is 0 Å². The Morgan fingerprint density at radius 1 is 1.33 bits per heavy atom. The number of aryl methyl sites for hydroxylation is 1. The molecule has 0 bridgehead atoms. The molecular formula is C13H17FO. The minimum Gasteiger partial charge on any atom is -0.385 e. The van der Waals surface area contributed by atoms with Gasteiger partial charge in [-0.25, -0.2) is 4.39 Å². The SMILES string of the molecule is Cc1ccc(C(C)(C)F)cc1C1(O)CC1. The molecule has 0 heterocycles. The Morgan fingerprint density at radius 3 is 2.40 bits per heavy atom. The zero-order chi connectivity index (χ0) is 11.3. The summed E-state index contributed by atoms with van der Waals surface area (Å²) in [5, 5.41) is 10.0. The first-order valence-electron chi connectivity index (χ1n) is 5.36. The summed E-state index contributed by atoms with van der Waals surface area (Å²) in [7, 11) is 0. The highest BCUT2D eigenvalue weighted by Crippen LogP contribution is 2.47. The Kier molecular flexibility index (Phi) is 2.16. The van der Waals surface area contributed by atoms with Crippen LogP contribution < -0.4 is 0 Å². The van der Waals surface area contributed by atoms with Crippen LogP contribution >= 0.6 is 0 Å². The monoisotopic (exact) mass is 208 g/mol. The largest absolute Gasteiger partial charge is 0.385 e. The van der Waals surface area contributed by atoms with Gasteiger partial charge in [0.25, 0.3) is 0 Å². The van der Waals surface area contributed by atoms with Crippen LogP contribution in [0.3, 0.4) is 0 Å². The molecular weight excluding hydrogens is 191 g/mol. The van der Waals surface area contributed by atoms with Gasteiger partial charge in [-0.1, -0.05) is 12.1 Å². The Balaban J connectivity index is 2.47. The van der Waals surface area contributed by atoms with Crippen molar-refractivity contribution in [2.45, 2.75) is 44.9 Å². The van der Waals surface area contributed by atoms with E-state index >= 15 is 0 Å². The summed E-state index contributed by atoms with van der Waals surface area (Å²) in [5.41, 5.74) is 0.566. The first-order chi connectivity index (χ1) is 6.83. The number of halogens is 1. The van der Waals surface area contributed by atoms with E-state index in [2.05, 4.69) is 0 Å². The van der Waals surface area contributed by atoms with E-state index < -0.39 is 11.3 Å². The van der Waals surface area contributed by atoms with E-state index in [4.69, 9.17) is 0 Å². The fraction of sp³-hybridized carbons (Fsp3) is 0.538. The third kappa shape index (κ3) is 1.91. The van der Waals surface area contributed by atoms with E-state index in [0.29, 0.717) is 5.56 Å². The van der Waals surface area contributed by atoms with Crippen LogP contribution in [-0.2, 0) is 11.3 Å². The summed E-state index contributed by atoms with van der Waals surface area (Å²) in [4.78, 5) is 0. The average Bonchev–Trinajstić information content (AvgIpc) is 2.83. The van der Waals surface area contributed by atoms with Crippen LogP contribution in [0.25, 0.3) is 0 Å². The molecule has 0 atom stereocenters. The molecule has 1 fully saturated rings. The second-order valence-electron chi connectivity index (χ2n) is 5.03. The van der Waals surface area contributed by atoms with E-state index in [9.17, 15) is 9.50 Å². The van der Waals surface area contributed by atoms with Crippen LogP contribution in [0, 0.1) is 6.92 Å². The number of benzene rings is 1. The summed E-state index contributed by atoms with van der Waals surface area (Å²) in [6.45, 7) is 5.04. The van der Waals surface area contributed by atoms with Gasteiger partial charge in [-0.05, 0) is 56.4 Å². The lowest BCUT2D eigenvalue weighted by atomic mass is 9.92. The first kappa shape index (κ1) is 10.6. The molecule has 0 spiro atoms. The molecule has 0 unspecified atom stereocenters. The lowest BCUT2D eigenvalue weighted by Crippen LogP contribution is -2.13. The van der Waals surface area contributed by atoms with Gasteiger partial charge in [0.05, 0.1) is 5.60 Å². The van der Waals surface area contributed by atoms with Crippen molar-refractivity contribution < 1.29 is 9.50 Å². The predicted molar refractivity (Wildman–Crippen MR) is 58.4 cm³/mol. The van der Waals surface area contributed by atoms with Gasteiger partial charge in [0, 0.05) is 0 Å². The molecule has 0 amide bonds. The van der Waals surface area contributed by atoms with Crippen LogP contribution in [0.4, 0.5) is 4.39 Å². The molecule has 1 aromatic rings. The van der Waals surface area contributed by atoms with Gasteiger partial charge in [-0.15, -0.1) is 0 Å². The lowest BCUT2D eigenvalue weighted by Gasteiger charge is -2.19. The van der Waals surface area contributed by atoms with E-state index in [1.165, 1.54) is 0 Å². The van der Waals surface area contributed by atoms with E-state index in [-0.39, 0.29) is 0 Å². The number of hydrogen-bond acceptors (Lipinski definition) is 1. The summed E-state index contributed by atoms with van der Waals surface area (Å²) < 4.78 is 13.8. The first-order valence-corrected chi connectivity index (χ1v) is 5.36. The van der Waals surface area contributed by atoms with Gasteiger partial charge in [0.15, 0.2) is 0 Å². The molecule has 15 heavy (non-hydrogen) atoms. The molecule has 1 aromatic carbocycles. The Hall–Kier alpha value is -0.890. The van der Waals surface area contributed by atoms with Crippen LogP contribution in [0.1, 0.15) is 43.4 Å². The van der Waals surface area contributed by atoms with Gasteiger partial charge in [0.1, 0.15) is 5.67 Å². The molecule has 0 radical (unpaired) electrons. The molecule has 0 aromatic heterocycles. The van der Waals surface area contributed by atoms with Gasteiger partial charge in [0.2, 0.25) is 0 Å². The van der Waals surface area contributed by atoms with Crippen molar-refractivity contribution in [3.63, 3.8) is 0 Å². The zero-order valence-electron chi connectivity index (χ0n) is 9.47. The van der Waals surface area contributed by atoms with Crippen molar-refractivity contribution >= 4 is 0 Å². The number of rotatable bonds is 2. The molecule has 2 rings (SSSR count). The minimum absolute atomic E-state index is 0.642. The molecule has 1 aliphatic carbocycles. The second-order valence-corrected chi connectivity index (χ2v) is 5.03. The Morgan fingerprint density at radius 2 is 1.93 bits per heavy atom. The smallest absolute Gasteiger partial charge is 0.130 e. The average molecular weight is 208 g/mol. The number of hydrogen-bond donors (Lipinski definition) is 1. The summed E-state index contributed by atoms with van der Waals surface area (Å²) in [6, 6.07) is 5.50. The number of aliphatic hydroxyl groups is 1. The van der Waals surface area contributed by atoms with Crippen LogP contribution in [0.15, 0.2) is 18.2 Å². The summed E-state index contributed by atoms with van der Waals surface area (Å²) in [6.07, 6.45) is 1.59. The normalized spacial score (nSPS) is 19.0. The molecule has 0 saturated heterocycles. The van der Waals surface area contributed by atoms with E-state index in [1.54, 1.807) is 19.9 Å². The van der Waals surface area contributed by atoms with Crippen molar-refractivity contribution in [2.24, 2.45) is 0 Å². The molecule has 1 aliphatic rings. The van der Waals surface area contributed by atoms with Crippen molar-refractivity contribution in [1.29, 1.82) is 0 Å². The van der Waals surface area contributed by atoms with Crippen molar-refractivity contribution in [3.05, 3.63) is 34.9 Å². The molecule has 0 aliphatic heterocycles. The topological polar surface area (TPSA) is 20.2 Å². The molecule has 1 N–H and O–H groups in total. The second kappa shape index (κ2) is 3.05. The standard InChI is InChI=1S/C13H17FO/c1-9-4-5-10(12(2,3)14)8-11(9)13(15)6-7-13/h4-5,8,15H,6-7H2,1-3H3. The van der Waals surface area contributed by atoms with E-state index in [1.807, 2.05) is 19.1 Å². The van der Waals surface area contributed by atoms with Gasteiger partial charge >= 0.3 is 0 Å². The minimum atomic E-state index is -1.34. The molecule has 82 valence electrons. The van der Waals surface area contributed by atoms with Crippen molar-refractivity contribution in [1.82, 2.24) is 0 Å². The molecule has 2 heteroatoms. The summed E-state index contributed by atoms with van der Waals surface area (Å²) in [5.74, 6) is 0. The van der Waals surface area contributed by atoms with E-state index in [0.717, 1.165) is 24.0 Å². The lowest BCUT2D eigenvalue weighted by molar-refractivity contribution is 0.150. The fourth-order valence-corrected chi connectivity index (χ4v) is 1.88. The van der Waals surface area contributed by atoms with Crippen molar-refractivity contribution in [2.75, 3.05) is 0 Å². The van der Waals surface area contributed by atoms with Crippen LogP contribution in [-0.4, -0.2) is 5.11 Å². The van der Waals surface area contributed by atoms with Crippen molar-refractivity contribution in [3.8, 4) is 0 Å². The third-order valence-corrected chi connectivity index (χ3v) is 3.15. The van der Waals surface area contributed by atoms with Gasteiger partial charge in [-0.2, -0.15) is 0 Å². The van der Waals surface area contributed by atoms with Crippen LogP contribution in [0.5, 0.6) is 0 Å². The summed E-state index contributed by atoms with van der Waals surface area (Å²) >= 11 is 0. The number of alkyl halides is 1. The predicted octanol–water partition coefficient (Wildman–Crippen LogP) is 3.18. The van der Waals surface area contributed by atoms with Gasteiger partial charge < -0.3 is 5.11 Å². The maximum Gasteiger partial charge on any atom is 0.130 e. The fourth-order valence-electron chi connectivity index (χ4n) is 1.88. The highest BCUT2D eigenvalue weighted by Gasteiger charge is 2.43. The Bertz CT molecular complexity index is 386. The third-order valence-electron chi connectivity index (χ3n) is 3.15. The maximum atomic E-state index is 13.8. The zero-order valence-corrected chi connectivity index (χ0v) is 9.47. The highest BCUT2D eigenvalue weighted by atomic mass is 19.1.